The molecule has 1 atom stereocenters. The SMILES string of the molecule is COc1cc(OC)cc([C@@H](Nc2nccc(C)c2Cl)c2nccn2C)c1. The zero-order chi connectivity index (χ0) is 18.7. The molecule has 7 heteroatoms. The minimum Gasteiger partial charge on any atom is -0.497 e. The van der Waals surface area contributed by atoms with E-state index in [1.165, 1.54) is 0 Å². The standard InChI is InChI=1S/C19H21ClN4O2/c1-12-5-6-21-18(16(12)20)23-17(19-22-7-8-24(19)2)13-9-14(25-3)11-15(10-13)26-4/h5-11,17H,1-4H3,(H,21,23)/t17-/m1/s1. The summed E-state index contributed by atoms with van der Waals surface area (Å²) in [5.74, 6) is 2.81. The minimum absolute atomic E-state index is 0.286. The lowest BCUT2D eigenvalue weighted by molar-refractivity contribution is 0.393. The van der Waals surface area contributed by atoms with Crippen molar-refractivity contribution in [3.63, 3.8) is 0 Å². The lowest BCUT2D eigenvalue weighted by atomic mass is 10.0. The van der Waals surface area contributed by atoms with E-state index in [0.717, 1.165) is 17.0 Å². The summed E-state index contributed by atoms with van der Waals surface area (Å²) in [5.41, 5.74) is 1.88. The molecule has 1 aromatic carbocycles. The van der Waals surface area contributed by atoms with Crippen LogP contribution in [-0.4, -0.2) is 28.8 Å². The second-order valence-electron chi connectivity index (χ2n) is 5.91. The molecule has 0 radical (unpaired) electrons. The highest BCUT2D eigenvalue weighted by molar-refractivity contribution is 6.33. The number of rotatable bonds is 6. The molecule has 0 unspecified atom stereocenters. The summed E-state index contributed by atoms with van der Waals surface area (Å²) in [5, 5.41) is 4.00. The largest absolute Gasteiger partial charge is 0.497 e. The zero-order valence-corrected chi connectivity index (χ0v) is 15.9. The van der Waals surface area contributed by atoms with Gasteiger partial charge in [0.25, 0.3) is 0 Å². The third kappa shape index (κ3) is 3.60. The van der Waals surface area contributed by atoms with Crippen LogP contribution in [0, 0.1) is 6.92 Å². The highest BCUT2D eigenvalue weighted by Gasteiger charge is 2.22. The van der Waals surface area contributed by atoms with Crippen LogP contribution < -0.4 is 14.8 Å². The van der Waals surface area contributed by atoms with Crippen molar-refractivity contribution >= 4 is 17.4 Å². The van der Waals surface area contributed by atoms with E-state index in [0.29, 0.717) is 22.3 Å². The minimum atomic E-state index is -0.286. The van der Waals surface area contributed by atoms with E-state index in [1.807, 2.05) is 49.0 Å². The molecule has 3 aromatic rings. The number of imidazole rings is 1. The molecule has 2 heterocycles. The first-order valence-corrected chi connectivity index (χ1v) is 8.49. The summed E-state index contributed by atoms with van der Waals surface area (Å²) in [6, 6.07) is 7.30. The van der Waals surface area contributed by atoms with Crippen molar-refractivity contribution < 1.29 is 9.47 Å². The maximum absolute atomic E-state index is 6.44. The Bertz CT molecular complexity index is 888. The number of methoxy groups -OCH3 is 2. The van der Waals surface area contributed by atoms with Gasteiger partial charge in [0.15, 0.2) is 0 Å². The molecule has 1 N–H and O–H groups in total. The van der Waals surface area contributed by atoms with Crippen LogP contribution in [0.25, 0.3) is 0 Å². The second kappa shape index (κ2) is 7.66. The number of halogens is 1. The van der Waals surface area contributed by atoms with E-state index in [1.54, 1.807) is 26.6 Å². The number of nitrogens with zero attached hydrogens (tertiary/aromatic N) is 3. The lowest BCUT2D eigenvalue weighted by Gasteiger charge is -2.22. The van der Waals surface area contributed by atoms with E-state index in [-0.39, 0.29) is 6.04 Å². The first-order chi connectivity index (χ1) is 12.5. The van der Waals surface area contributed by atoms with Crippen molar-refractivity contribution in [1.82, 2.24) is 14.5 Å². The van der Waals surface area contributed by atoms with Crippen molar-refractivity contribution in [3.8, 4) is 11.5 Å². The fourth-order valence-corrected chi connectivity index (χ4v) is 2.89. The maximum atomic E-state index is 6.44. The molecule has 3 rings (SSSR count). The molecule has 0 aliphatic heterocycles. The summed E-state index contributed by atoms with van der Waals surface area (Å²) >= 11 is 6.44. The molecule has 0 aliphatic carbocycles. The average molecular weight is 373 g/mol. The van der Waals surface area contributed by atoms with Gasteiger partial charge in [-0.2, -0.15) is 0 Å². The molecule has 0 spiro atoms. The van der Waals surface area contributed by atoms with Crippen molar-refractivity contribution in [2.75, 3.05) is 19.5 Å². The van der Waals surface area contributed by atoms with Crippen LogP contribution in [0.15, 0.2) is 42.9 Å². The Morgan fingerprint density at radius 2 is 1.77 bits per heavy atom. The number of hydrogen-bond donors (Lipinski definition) is 1. The van der Waals surface area contributed by atoms with Crippen LogP contribution in [-0.2, 0) is 7.05 Å². The third-order valence-electron chi connectivity index (χ3n) is 4.19. The number of aryl methyl sites for hydroxylation is 2. The molecular weight excluding hydrogens is 352 g/mol. The second-order valence-corrected chi connectivity index (χ2v) is 6.29. The van der Waals surface area contributed by atoms with Gasteiger partial charge in [-0.1, -0.05) is 11.6 Å². The number of aromatic nitrogens is 3. The lowest BCUT2D eigenvalue weighted by Crippen LogP contribution is -2.18. The van der Waals surface area contributed by atoms with Crippen molar-refractivity contribution in [2.24, 2.45) is 7.05 Å². The fraction of sp³-hybridized carbons (Fsp3) is 0.263. The van der Waals surface area contributed by atoms with E-state index < -0.39 is 0 Å². The third-order valence-corrected chi connectivity index (χ3v) is 4.66. The van der Waals surface area contributed by atoms with Gasteiger partial charge in [0, 0.05) is 31.7 Å². The van der Waals surface area contributed by atoms with Gasteiger partial charge in [-0.05, 0) is 36.2 Å². The Labute approximate surface area is 157 Å². The molecule has 0 saturated carbocycles. The van der Waals surface area contributed by atoms with Crippen LogP contribution in [0.3, 0.4) is 0 Å². The average Bonchev–Trinajstić information content (AvgIpc) is 3.08. The zero-order valence-electron chi connectivity index (χ0n) is 15.2. The molecule has 6 nitrogen and oxygen atoms in total. The number of hydrogen-bond acceptors (Lipinski definition) is 5. The number of anilines is 1. The normalized spacial score (nSPS) is 11.9. The van der Waals surface area contributed by atoms with Crippen molar-refractivity contribution in [2.45, 2.75) is 13.0 Å². The Morgan fingerprint density at radius 3 is 2.35 bits per heavy atom. The van der Waals surface area contributed by atoms with Crippen LogP contribution >= 0.6 is 11.6 Å². The Hall–Kier alpha value is -2.73. The highest BCUT2D eigenvalue weighted by Crippen LogP contribution is 2.33. The molecular formula is C19H21ClN4O2. The summed E-state index contributed by atoms with van der Waals surface area (Å²) in [6.07, 6.45) is 5.38. The predicted molar refractivity (Wildman–Crippen MR) is 102 cm³/mol. The van der Waals surface area contributed by atoms with Gasteiger partial charge < -0.3 is 19.4 Å². The van der Waals surface area contributed by atoms with Gasteiger partial charge in [0.05, 0.1) is 19.2 Å². The monoisotopic (exact) mass is 372 g/mol. The molecule has 136 valence electrons. The molecule has 0 aliphatic rings. The highest BCUT2D eigenvalue weighted by atomic mass is 35.5. The molecule has 0 amide bonds. The number of pyridine rings is 1. The van der Waals surface area contributed by atoms with Crippen molar-refractivity contribution in [1.29, 1.82) is 0 Å². The van der Waals surface area contributed by atoms with Gasteiger partial charge in [-0.15, -0.1) is 0 Å². The van der Waals surface area contributed by atoms with Gasteiger partial charge in [0.2, 0.25) is 0 Å². The van der Waals surface area contributed by atoms with Gasteiger partial charge in [-0.25, -0.2) is 9.97 Å². The molecule has 0 bridgehead atoms. The van der Waals surface area contributed by atoms with Gasteiger partial charge in [0.1, 0.15) is 29.2 Å². The molecule has 0 fully saturated rings. The van der Waals surface area contributed by atoms with Gasteiger partial charge in [-0.3, -0.25) is 0 Å². The number of benzene rings is 1. The smallest absolute Gasteiger partial charge is 0.145 e. The number of nitrogens with one attached hydrogen (secondary N) is 1. The van der Waals surface area contributed by atoms with E-state index in [2.05, 4.69) is 15.3 Å². The van der Waals surface area contributed by atoms with E-state index in [4.69, 9.17) is 21.1 Å². The maximum Gasteiger partial charge on any atom is 0.145 e. The van der Waals surface area contributed by atoms with Crippen LogP contribution in [0.1, 0.15) is 23.0 Å². The predicted octanol–water partition coefficient (Wildman–Crippen LogP) is 4.00. The van der Waals surface area contributed by atoms with Gasteiger partial charge >= 0.3 is 0 Å². The first-order valence-electron chi connectivity index (χ1n) is 8.11. The van der Waals surface area contributed by atoms with Crippen LogP contribution in [0.5, 0.6) is 11.5 Å². The topological polar surface area (TPSA) is 61.2 Å². The summed E-state index contributed by atoms with van der Waals surface area (Å²) in [4.78, 5) is 8.89. The quantitative estimate of drug-likeness (QED) is 0.708. The summed E-state index contributed by atoms with van der Waals surface area (Å²) in [6.45, 7) is 1.94. The van der Waals surface area contributed by atoms with E-state index in [9.17, 15) is 0 Å². The van der Waals surface area contributed by atoms with Crippen LogP contribution in [0.4, 0.5) is 5.82 Å². The number of ether oxygens (including phenoxy) is 2. The molecule has 26 heavy (non-hydrogen) atoms. The molecule has 2 aromatic heterocycles. The van der Waals surface area contributed by atoms with Crippen molar-refractivity contribution in [3.05, 3.63) is 64.8 Å². The summed E-state index contributed by atoms with van der Waals surface area (Å²) < 4.78 is 12.8. The first kappa shape index (κ1) is 18.1. The Kier molecular flexibility index (Phi) is 5.32. The Morgan fingerprint density at radius 1 is 1.08 bits per heavy atom. The van der Waals surface area contributed by atoms with E-state index >= 15 is 0 Å². The fourth-order valence-electron chi connectivity index (χ4n) is 2.73. The summed E-state index contributed by atoms with van der Waals surface area (Å²) in [7, 11) is 5.20. The Balaban J connectivity index is 2.10. The van der Waals surface area contributed by atoms with Crippen LogP contribution in [0.2, 0.25) is 5.02 Å². The molecule has 0 saturated heterocycles.